The van der Waals surface area contributed by atoms with Gasteiger partial charge in [-0.15, -0.1) is 0 Å². The molecule has 1 aliphatic rings. The normalized spacial score (nSPS) is 16.1. The summed E-state index contributed by atoms with van der Waals surface area (Å²) in [4.78, 5) is 18.3. The van der Waals surface area contributed by atoms with Gasteiger partial charge in [-0.1, -0.05) is 23.2 Å². The van der Waals surface area contributed by atoms with E-state index in [0.717, 1.165) is 6.07 Å². The molecule has 1 unspecified atom stereocenters. The van der Waals surface area contributed by atoms with Crippen LogP contribution in [0.5, 0.6) is 11.5 Å². The molecule has 2 heterocycles. The number of aromatic amines is 1. The van der Waals surface area contributed by atoms with Gasteiger partial charge >= 0.3 is 6.18 Å². The number of ether oxygens (including phenoxy) is 2. The molecule has 13 heteroatoms. The molecule has 0 fully saturated rings. The van der Waals surface area contributed by atoms with Gasteiger partial charge in [-0.2, -0.15) is 23.5 Å². The van der Waals surface area contributed by atoms with E-state index in [4.69, 9.17) is 37.9 Å². The first kappa shape index (κ1) is 22.6. The topological polar surface area (TPSA) is 112 Å². The Morgan fingerprint density at radius 2 is 2.03 bits per heavy atom. The molecule has 31 heavy (non-hydrogen) atoms. The average Bonchev–Trinajstić information content (AvgIpc) is 2.68. The van der Waals surface area contributed by atoms with Crippen LogP contribution in [0.25, 0.3) is 0 Å². The minimum Gasteiger partial charge on any atom is -0.449 e. The van der Waals surface area contributed by atoms with Crippen molar-refractivity contribution in [1.29, 1.82) is 5.26 Å². The zero-order chi connectivity index (χ0) is 22.8. The van der Waals surface area contributed by atoms with Gasteiger partial charge in [-0.25, -0.2) is 4.98 Å². The van der Waals surface area contributed by atoms with Gasteiger partial charge in [-0.05, 0) is 29.8 Å². The van der Waals surface area contributed by atoms with Crippen LogP contribution in [-0.4, -0.2) is 28.5 Å². The van der Waals surface area contributed by atoms with Crippen LogP contribution in [0.3, 0.4) is 0 Å². The van der Waals surface area contributed by atoms with Crippen molar-refractivity contribution >= 4 is 28.4 Å². The van der Waals surface area contributed by atoms with Crippen molar-refractivity contribution in [3.05, 3.63) is 62.3 Å². The summed E-state index contributed by atoms with van der Waals surface area (Å²) in [5.74, 6) is -1.60. The summed E-state index contributed by atoms with van der Waals surface area (Å²) < 4.78 is 51.2. The van der Waals surface area contributed by atoms with Crippen LogP contribution in [0.1, 0.15) is 17.1 Å². The Hall–Kier alpha value is -3.07. The number of hydrazone groups is 1. The Morgan fingerprint density at radius 3 is 2.68 bits per heavy atom. The molecule has 1 aromatic heterocycles. The van der Waals surface area contributed by atoms with Crippen LogP contribution < -0.4 is 15.7 Å². The molecular weight excluding hydrogens is 462 g/mol. The molecule has 0 spiro atoms. The van der Waals surface area contributed by atoms with E-state index in [1.165, 1.54) is 25.3 Å². The van der Waals surface area contributed by atoms with Gasteiger partial charge in [-0.3, -0.25) is 10.2 Å². The number of rotatable bonds is 5. The molecular formula is C18H12Cl2F3N5O3. The van der Waals surface area contributed by atoms with Crippen LogP contribution in [-0.2, 0) is 17.3 Å². The second-order valence-corrected chi connectivity index (χ2v) is 6.98. The SMILES string of the molecule is COC1NN=C(Cl)C=C1Cc1nc(C(F)(F)F)c(Oc2cc(Cl)cc(C#N)c2)c(=O)[nH]1. The molecule has 162 valence electrons. The van der Waals surface area contributed by atoms with Crippen LogP contribution in [0.4, 0.5) is 13.2 Å². The third kappa shape index (κ3) is 5.35. The number of alkyl halides is 3. The Kier molecular flexibility index (Phi) is 6.54. The number of hydrogen-bond acceptors (Lipinski definition) is 7. The van der Waals surface area contributed by atoms with Crippen molar-refractivity contribution < 1.29 is 22.6 Å². The number of nitrogens with zero attached hydrogens (tertiary/aromatic N) is 3. The number of H-pyrrole nitrogens is 1. The number of aromatic nitrogens is 2. The number of nitrogens with one attached hydrogen (secondary N) is 2. The zero-order valence-corrected chi connectivity index (χ0v) is 17.1. The fourth-order valence-electron chi connectivity index (χ4n) is 2.69. The first-order valence-corrected chi connectivity index (χ1v) is 9.17. The fraction of sp³-hybridized carbons (Fsp3) is 0.222. The summed E-state index contributed by atoms with van der Waals surface area (Å²) in [6, 6.07) is 5.38. The molecule has 0 amide bonds. The minimum atomic E-state index is -5.01. The Balaban J connectivity index is 2.03. The number of hydrogen-bond donors (Lipinski definition) is 2. The van der Waals surface area contributed by atoms with Crippen molar-refractivity contribution in [2.24, 2.45) is 5.10 Å². The number of methoxy groups -OCH3 is 1. The lowest BCUT2D eigenvalue weighted by atomic mass is 10.1. The first-order chi connectivity index (χ1) is 14.6. The minimum absolute atomic E-state index is 0.0398. The van der Waals surface area contributed by atoms with Crippen molar-refractivity contribution in [2.75, 3.05) is 7.11 Å². The van der Waals surface area contributed by atoms with E-state index in [9.17, 15) is 18.0 Å². The Labute approximate surface area is 182 Å². The van der Waals surface area contributed by atoms with Crippen LogP contribution in [0, 0.1) is 11.3 Å². The molecule has 8 nitrogen and oxygen atoms in total. The highest BCUT2D eigenvalue weighted by Gasteiger charge is 2.39. The number of halogens is 5. The molecule has 1 atom stereocenters. The third-order valence-corrected chi connectivity index (χ3v) is 4.36. The standard InChI is InChI=1S/C18H12Cl2F3N5O3/c1-30-17-9(4-12(20)27-28-17)5-13-25-15(18(21,22)23)14(16(29)26-13)31-11-3-8(7-24)2-10(19)6-11/h2-4,6,17,28H,5H2,1H3,(H,25,26,29). The lowest BCUT2D eigenvalue weighted by molar-refractivity contribution is -0.142. The second kappa shape index (κ2) is 8.97. The molecule has 3 rings (SSSR count). The van der Waals surface area contributed by atoms with E-state index in [0.29, 0.717) is 5.57 Å². The first-order valence-electron chi connectivity index (χ1n) is 8.41. The van der Waals surface area contributed by atoms with Gasteiger partial charge in [0.15, 0.2) is 11.9 Å². The van der Waals surface area contributed by atoms with Gasteiger partial charge in [0, 0.05) is 18.6 Å². The molecule has 2 N–H and O–H groups in total. The van der Waals surface area contributed by atoms with Gasteiger partial charge in [0.25, 0.3) is 5.56 Å². The van der Waals surface area contributed by atoms with Gasteiger partial charge in [0.1, 0.15) is 16.7 Å². The molecule has 0 bridgehead atoms. The summed E-state index contributed by atoms with van der Waals surface area (Å²) in [6.07, 6.45) is -4.60. The fourth-order valence-corrected chi connectivity index (χ4v) is 3.10. The van der Waals surface area contributed by atoms with E-state index in [1.54, 1.807) is 6.07 Å². The summed E-state index contributed by atoms with van der Waals surface area (Å²) in [5.41, 5.74) is 0.287. The maximum Gasteiger partial charge on any atom is 0.437 e. The van der Waals surface area contributed by atoms with Gasteiger partial charge in [0.2, 0.25) is 5.75 Å². The largest absolute Gasteiger partial charge is 0.449 e. The Bertz CT molecular complexity index is 1170. The van der Waals surface area contributed by atoms with Crippen molar-refractivity contribution in [1.82, 2.24) is 15.4 Å². The molecule has 0 aliphatic carbocycles. The second-order valence-electron chi connectivity index (χ2n) is 6.15. The van der Waals surface area contributed by atoms with E-state index in [-0.39, 0.29) is 33.8 Å². The number of nitriles is 1. The quantitative estimate of drug-likeness (QED) is 0.684. The lowest BCUT2D eigenvalue weighted by Gasteiger charge is -2.22. The predicted octanol–water partition coefficient (Wildman–Crippen LogP) is 3.70. The van der Waals surface area contributed by atoms with Crippen LogP contribution in [0.2, 0.25) is 5.02 Å². The van der Waals surface area contributed by atoms with E-state index >= 15 is 0 Å². The average molecular weight is 474 g/mol. The van der Waals surface area contributed by atoms with Crippen molar-refractivity contribution in [2.45, 2.75) is 18.8 Å². The maximum absolute atomic E-state index is 13.7. The monoisotopic (exact) mass is 473 g/mol. The van der Waals surface area contributed by atoms with E-state index in [2.05, 4.69) is 20.5 Å². The summed E-state index contributed by atoms with van der Waals surface area (Å²) in [6.45, 7) is 0. The number of benzene rings is 1. The Morgan fingerprint density at radius 1 is 1.29 bits per heavy atom. The third-order valence-electron chi connectivity index (χ3n) is 3.95. The van der Waals surface area contributed by atoms with E-state index < -0.39 is 29.4 Å². The van der Waals surface area contributed by atoms with Gasteiger partial charge in [0.05, 0.1) is 11.6 Å². The molecule has 0 saturated carbocycles. The number of allylic oxidation sites excluding steroid dienone is 1. The smallest absolute Gasteiger partial charge is 0.437 e. The predicted molar refractivity (Wildman–Crippen MR) is 105 cm³/mol. The summed E-state index contributed by atoms with van der Waals surface area (Å²) >= 11 is 11.7. The maximum atomic E-state index is 13.7. The molecule has 1 aromatic carbocycles. The lowest BCUT2D eigenvalue weighted by Crippen LogP contribution is -2.34. The zero-order valence-electron chi connectivity index (χ0n) is 15.6. The van der Waals surface area contributed by atoms with E-state index in [1.807, 2.05) is 0 Å². The van der Waals surface area contributed by atoms with Crippen molar-refractivity contribution in [3.8, 4) is 17.6 Å². The highest BCUT2D eigenvalue weighted by molar-refractivity contribution is 6.68. The highest BCUT2D eigenvalue weighted by atomic mass is 35.5. The van der Waals surface area contributed by atoms with Crippen LogP contribution in [0.15, 0.2) is 39.7 Å². The molecule has 2 aromatic rings. The molecule has 0 radical (unpaired) electrons. The van der Waals surface area contributed by atoms with Gasteiger partial charge < -0.3 is 14.5 Å². The molecule has 0 saturated heterocycles. The summed E-state index contributed by atoms with van der Waals surface area (Å²) in [5, 5.41) is 12.8. The van der Waals surface area contributed by atoms with Crippen LogP contribution >= 0.6 is 23.2 Å². The van der Waals surface area contributed by atoms with Crippen molar-refractivity contribution in [3.63, 3.8) is 0 Å². The highest BCUT2D eigenvalue weighted by Crippen LogP contribution is 2.35. The molecule has 1 aliphatic heterocycles. The summed E-state index contributed by atoms with van der Waals surface area (Å²) in [7, 11) is 1.36.